The van der Waals surface area contributed by atoms with Crippen LogP contribution in [0.2, 0.25) is 0 Å². The Kier molecular flexibility index (Phi) is 6.10. The summed E-state index contributed by atoms with van der Waals surface area (Å²) in [5, 5.41) is 0. The van der Waals surface area contributed by atoms with Crippen molar-refractivity contribution < 1.29 is 4.79 Å². The van der Waals surface area contributed by atoms with E-state index in [0.717, 1.165) is 11.1 Å². The topological polar surface area (TPSA) is 46.3 Å². The first-order chi connectivity index (χ1) is 11.5. The summed E-state index contributed by atoms with van der Waals surface area (Å²) in [5.41, 5.74) is 7.24. The largest absolute Gasteiger partial charge is 0.392 e. The van der Waals surface area contributed by atoms with E-state index in [2.05, 4.69) is 0 Å². The number of nitrogens with two attached hydrogens (primary N) is 1. The van der Waals surface area contributed by atoms with Gasteiger partial charge in [0.15, 0.2) is 0 Å². The molecule has 0 aliphatic carbocycles. The molecule has 2 aromatic carbocycles. The fraction of sp³-hybridized carbons (Fsp3) is 0.300. The zero-order chi connectivity index (χ0) is 17.6. The van der Waals surface area contributed by atoms with E-state index >= 15 is 0 Å². The number of carbonyl (C=O) groups is 1. The highest BCUT2D eigenvalue weighted by Gasteiger charge is 2.38. The number of hydrogen-bond acceptors (Lipinski definition) is 2. The fourth-order valence-electron chi connectivity index (χ4n) is 2.59. The maximum absolute atomic E-state index is 13.2. The predicted molar refractivity (Wildman–Crippen MR) is 102 cm³/mol. The van der Waals surface area contributed by atoms with Crippen molar-refractivity contribution >= 4 is 23.1 Å². The molecule has 2 N–H and O–H groups in total. The number of rotatable bonds is 7. The minimum Gasteiger partial charge on any atom is -0.392 e. The lowest BCUT2D eigenvalue weighted by Gasteiger charge is -2.33. The Labute approximate surface area is 149 Å². The van der Waals surface area contributed by atoms with Crippen LogP contribution in [0.15, 0.2) is 60.7 Å². The van der Waals surface area contributed by atoms with Crippen molar-refractivity contribution in [2.75, 3.05) is 0 Å². The average Bonchev–Trinajstić information content (AvgIpc) is 2.61. The smallest absolute Gasteiger partial charge is 0.235 e. The highest BCUT2D eigenvalue weighted by molar-refractivity contribution is 7.80. The lowest BCUT2D eigenvalue weighted by molar-refractivity contribution is -0.139. The van der Waals surface area contributed by atoms with Gasteiger partial charge in [-0.15, -0.1) is 0 Å². The summed E-state index contributed by atoms with van der Waals surface area (Å²) in [7, 11) is 0. The molecule has 2 rings (SSSR count). The molecule has 0 heterocycles. The van der Waals surface area contributed by atoms with Crippen LogP contribution in [0, 0.1) is 5.41 Å². The van der Waals surface area contributed by atoms with Crippen LogP contribution < -0.4 is 5.73 Å². The molecule has 0 saturated carbocycles. The number of thiocarbonyl (C=S) groups is 1. The molecule has 2 aromatic rings. The van der Waals surface area contributed by atoms with Gasteiger partial charge in [-0.05, 0) is 24.5 Å². The van der Waals surface area contributed by atoms with E-state index in [9.17, 15) is 4.79 Å². The molecular weight excluding hydrogens is 316 g/mol. The molecule has 1 atom stereocenters. The van der Waals surface area contributed by atoms with Crippen LogP contribution in [-0.2, 0) is 17.9 Å². The molecule has 0 aromatic heterocycles. The summed E-state index contributed by atoms with van der Waals surface area (Å²) < 4.78 is 0. The summed E-state index contributed by atoms with van der Waals surface area (Å²) in [6.45, 7) is 4.85. The molecule has 0 radical (unpaired) electrons. The van der Waals surface area contributed by atoms with Crippen molar-refractivity contribution in [1.29, 1.82) is 0 Å². The number of hydrogen-bond donors (Lipinski definition) is 1. The van der Waals surface area contributed by atoms with Gasteiger partial charge >= 0.3 is 0 Å². The standard InChI is InChI=1S/C20H24N2OS/c1-3-20(2,18(21)24)19(23)22(14-16-10-6-4-7-11-16)15-17-12-8-5-9-13-17/h4-13H,3,14-15H2,1-2H3,(H2,21,24). The van der Waals surface area contributed by atoms with Crippen LogP contribution in [0.25, 0.3) is 0 Å². The second-order valence-corrected chi connectivity index (χ2v) is 6.62. The first kappa shape index (κ1) is 18.1. The third kappa shape index (κ3) is 4.20. The Morgan fingerprint density at radius 1 is 1.00 bits per heavy atom. The molecular formula is C20H24N2OS. The van der Waals surface area contributed by atoms with Gasteiger partial charge in [0.2, 0.25) is 5.91 Å². The summed E-state index contributed by atoms with van der Waals surface area (Å²) in [6, 6.07) is 20.0. The van der Waals surface area contributed by atoms with Gasteiger partial charge in [-0.25, -0.2) is 0 Å². The zero-order valence-electron chi connectivity index (χ0n) is 14.2. The van der Waals surface area contributed by atoms with Crippen LogP contribution in [0.3, 0.4) is 0 Å². The second-order valence-electron chi connectivity index (χ2n) is 6.18. The van der Waals surface area contributed by atoms with Crippen LogP contribution in [0.5, 0.6) is 0 Å². The lowest BCUT2D eigenvalue weighted by Crippen LogP contribution is -2.48. The molecule has 0 aliphatic heterocycles. The highest BCUT2D eigenvalue weighted by atomic mass is 32.1. The third-order valence-electron chi connectivity index (χ3n) is 4.44. The molecule has 0 fully saturated rings. The second kappa shape index (κ2) is 8.06. The van der Waals surface area contributed by atoms with E-state index in [1.165, 1.54) is 0 Å². The maximum atomic E-state index is 13.2. The number of amides is 1. The highest BCUT2D eigenvalue weighted by Crippen LogP contribution is 2.27. The monoisotopic (exact) mass is 340 g/mol. The first-order valence-corrected chi connectivity index (χ1v) is 8.55. The molecule has 1 unspecified atom stereocenters. The molecule has 3 nitrogen and oxygen atoms in total. The Morgan fingerprint density at radius 2 is 1.42 bits per heavy atom. The van der Waals surface area contributed by atoms with Crippen LogP contribution >= 0.6 is 12.2 Å². The van der Waals surface area contributed by atoms with E-state index < -0.39 is 5.41 Å². The zero-order valence-corrected chi connectivity index (χ0v) is 15.1. The normalized spacial score (nSPS) is 13.1. The number of nitrogens with zero attached hydrogens (tertiary/aromatic N) is 1. The molecule has 24 heavy (non-hydrogen) atoms. The predicted octanol–water partition coefficient (Wildman–Crippen LogP) is 3.92. The summed E-state index contributed by atoms with van der Waals surface area (Å²) in [6.07, 6.45) is 0.585. The minimum absolute atomic E-state index is 0.0230. The van der Waals surface area contributed by atoms with Crippen molar-refractivity contribution in [3.8, 4) is 0 Å². The fourth-order valence-corrected chi connectivity index (χ4v) is 2.82. The number of benzene rings is 2. The third-order valence-corrected chi connectivity index (χ3v) is 4.89. The Balaban J connectivity index is 2.31. The Bertz CT molecular complexity index is 646. The van der Waals surface area contributed by atoms with Crippen molar-refractivity contribution in [3.63, 3.8) is 0 Å². The summed E-state index contributed by atoms with van der Waals surface area (Å²) in [4.78, 5) is 15.3. The van der Waals surface area contributed by atoms with Crippen molar-refractivity contribution in [2.45, 2.75) is 33.4 Å². The van der Waals surface area contributed by atoms with Gasteiger partial charge in [0.05, 0.1) is 10.4 Å². The van der Waals surface area contributed by atoms with Crippen LogP contribution in [0.1, 0.15) is 31.4 Å². The SMILES string of the molecule is CCC(C)(C(=O)N(Cc1ccccc1)Cc1ccccc1)C(N)=S. The van der Waals surface area contributed by atoms with Gasteiger partial charge in [-0.3, -0.25) is 4.79 Å². The lowest BCUT2D eigenvalue weighted by atomic mass is 9.85. The number of carbonyl (C=O) groups excluding carboxylic acids is 1. The molecule has 0 saturated heterocycles. The van der Waals surface area contributed by atoms with Crippen molar-refractivity contribution in [2.24, 2.45) is 11.1 Å². The minimum atomic E-state index is -0.821. The molecule has 0 bridgehead atoms. The Morgan fingerprint density at radius 3 is 1.75 bits per heavy atom. The van der Waals surface area contributed by atoms with Gasteiger partial charge in [0.1, 0.15) is 0 Å². The van der Waals surface area contributed by atoms with Gasteiger partial charge in [-0.1, -0.05) is 79.8 Å². The molecule has 1 amide bonds. The quantitative estimate of drug-likeness (QED) is 0.777. The van der Waals surface area contributed by atoms with Crippen LogP contribution in [0.4, 0.5) is 0 Å². The van der Waals surface area contributed by atoms with E-state index in [4.69, 9.17) is 18.0 Å². The van der Waals surface area contributed by atoms with E-state index in [-0.39, 0.29) is 10.9 Å². The van der Waals surface area contributed by atoms with Gasteiger partial charge in [0, 0.05) is 13.1 Å². The van der Waals surface area contributed by atoms with Crippen molar-refractivity contribution in [1.82, 2.24) is 4.90 Å². The molecule has 4 heteroatoms. The molecule has 0 aliphatic rings. The molecule has 126 valence electrons. The van der Waals surface area contributed by atoms with Crippen LogP contribution in [-0.4, -0.2) is 15.8 Å². The summed E-state index contributed by atoms with van der Waals surface area (Å²) in [5.74, 6) is -0.0230. The van der Waals surface area contributed by atoms with Gasteiger partial charge < -0.3 is 10.6 Å². The maximum Gasteiger partial charge on any atom is 0.235 e. The van der Waals surface area contributed by atoms with Crippen molar-refractivity contribution in [3.05, 3.63) is 71.8 Å². The average molecular weight is 340 g/mol. The molecule has 0 spiro atoms. The van der Waals surface area contributed by atoms with E-state index in [1.54, 1.807) is 0 Å². The first-order valence-electron chi connectivity index (χ1n) is 8.14. The van der Waals surface area contributed by atoms with Gasteiger partial charge in [0.25, 0.3) is 0 Å². The summed E-state index contributed by atoms with van der Waals surface area (Å²) >= 11 is 5.18. The van der Waals surface area contributed by atoms with E-state index in [1.807, 2.05) is 79.4 Å². The van der Waals surface area contributed by atoms with Gasteiger partial charge in [-0.2, -0.15) is 0 Å². The Hall–Kier alpha value is -2.20. The van der Waals surface area contributed by atoms with E-state index in [0.29, 0.717) is 19.5 Å².